The number of fused-ring (bicyclic) bond motifs is 2. The van der Waals surface area contributed by atoms with Crippen molar-refractivity contribution in [2.75, 3.05) is 20.6 Å². The molecular formula is C17H26ClNO3. The summed E-state index contributed by atoms with van der Waals surface area (Å²) in [5.41, 5.74) is 1.27. The normalized spacial score (nSPS) is 48.6. The number of ether oxygens (including phenoxy) is 2. The molecule has 0 bridgehead atoms. The first-order valence-corrected chi connectivity index (χ1v) is 8.10. The average molecular weight is 328 g/mol. The number of carbonyl (C=O) groups is 1. The molecule has 4 rings (SSSR count). The molecule has 2 saturated heterocycles. The van der Waals surface area contributed by atoms with Crippen molar-refractivity contribution >= 4 is 18.4 Å². The molecule has 2 aliphatic heterocycles. The Labute approximate surface area is 138 Å². The highest BCUT2D eigenvalue weighted by molar-refractivity contribution is 5.85. The first-order chi connectivity index (χ1) is 9.88. The second-order valence-electron chi connectivity index (χ2n) is 7.83. The second kappa shape index (κ2) is 4.96. The fourth-order valence-corrected chi connectivity index (χ4v) is 5.19. The van der Waals surface area contributed by atoms with E-state index in [9.17, 15) is 4.79 Å². The van der Waals surface area contributed by atoms with Crippen LogP contribution in [-0.2, 0) is 14.3 Å². The molecule has 0 aromatic carbocycles. The van der Waals surface area contributed by atoms with E-state index in [0.717, 1.165) is 25.8 Å². The Bertz CT molecular complexity index is 534. The van der Waals surface area contributed by atoms with Gasteiger partial charge in [-0.3, -0.25) is 4.79 Å². The van der Waals surface area contributed by atoms with Crippen molar-refractivity contribution in [3.8, 4) is 0 Å². The lowest BCUT2D eigenvalue weighted by molar-refractivity contribution is -0.146. The Morgan fingerprint density at radius 3 is 2.82 bits per heavy atom. The third kappa shape index (κ3) is 1.93. The smallest absolute Gasteiger partial charge is 0.310 e. The van der Waals surface area contributed by atoms with E-state index in [1.165, 1.54) is 5.57 Å². The van der Waals surface area contributed by atoms with Gasteiger partial charge in [-0.05, 0) is 47.2 Å². The topological polar surface area (TPSA) is 42.1 Å². The zero-order valence-corrected chi connectivity index (χ0v) is 14.6. The van der Waals surface area contributed by atoms with Gasteiger partial charge in [0.1, 0.15) is 11.7 Å². The first-order valence-electron chi connectivity index (χ1n) is 8.10. The van der Waals surface area contributed by atoms with Crippen LogP contribution in [0.3, 0.4) is 0 Å². The van der Waals surface area contributed by atoms with Crippen molar-refractivity contribution in [3.63, 3.8) is 0 Å². The zero-order valence-electron chi connectivity index (χ0n) is 13.8. The van der Waals surface area contributed by atoms with E-state index in [2.05, 4.69) is 24.8 Å². The maximum absolute atomic E-state index is 12.4. The largest absolute Gasteiger partial charge is 0.461 e. The van der Waals surface area contributed by atoms with Gasteiger partial charge in [-0.25, -0.2) is 0 Å². The Morgan fingerprint density at radius 2 is 2.14 bits per heavy atom. The number of epoxide rings is 1. The summed E-state index contributed by atoms with van der Waals surface area (Å²) in [6, 6.07) is 0. The Kier molecular flexibility index (Phi) is 3.67. The van der Waals surface area contributed by atoms with Crippen LogP contribution in [-0.4, -0.2) is 48.8 Å². The number of rotatable bonds is 2. The van der Waals surface area contributed by atoms with Gasteiger partial charge in [0, 0.05) is 18.4 Å². The highest BCUT2D eigenvalue weighted by Crippen LogP contribution is 2.67. The summed E-state index contributed by atoms with van der Waals surface area (Å²) in [4.78, 5) is 14.5. The molecule has 124 valence electrons. The van der Waals surface area contributed by atoms with E-state index >= 15 is 0 Å². The number of esters is 1. The summed E-state index contributed by atoms with van der Waals surface area (Å²) in [7, 11) is 4.06. The molecule has 0 N–H and O–H groups in total. The van der Waals surface area contributed by atoms with E-state index in [1.807, 2.05) is 14.1 Å². The molecule has 6 atom stereocenters. The fraction of sp³-hybridized carbons (Fsp3) is 0.824. The van der Waals surface area contributed by atoms with E-state index in [1.54, 1.807) is 0 Å². The van der Waals surface area contributed by atoms with Gasteiger partial charge in [0.2, 0.25) is 0 Å². The van der Waals surface area contributed by atoms with Gasteiger partial charge >= 0.3 is 5.97 Å². The van der Waals surface area contributed by atoms with E-state index in [0.29, 0.717) is 5.92 Å². The van der Waals surface area contributed by atoms with Gasteiger partial charge in [-0.1, -0.05) is 11.6 Å². The SMILES string of the molecule is CC1=CC[C@]23O[C@@]2(C)CC[C@@H]2[C@H](OC(=O)[C@H]2CN(C)C)[C@@H]13.Cl. The van der Waals surface area contributed by atoms with Gasteiger partial charge in [-0.2, -0.15) is 0 Å². The minimum absolute atomic E-state index is 0. The molecule has 4 nitrogen and oxygen atoms in total. The summed E-state index contributed by atoms with van der Waals surface area (Å²) < 4.78 is 12.1. The molecule has 1 spiro atoms. The van der Waals surface area contributed by atoms with Crippen LogP contribution in [0.4, 0.5) is 0 Å². The first kappa shape index (κ1) is 16.3. The molecule has 22 heavy (non-hydrogen) atoms. The fourth-order valence-electron chi connectivity index (χ4n) is 5.19. The van der Waals surface area contributed by atoms with Crippen molar-refractivity contribution in [2.24, 2.45) is 17.8 Å². The highest BCUT2D eigenvalue weighted by Gasteiger charge is 2.75. The second-order valence-corrected chi connectivity index (χ2v) is 7.83. The molecule has 0 amide bonds. The van der Waals surface area contributed by atoms with Gasteiger partial charge in [0.25, 0.3) is 0 Å². The van der Waals surface area contributed by atoms with Crippen LogP contribution in [0.1, 0.15) is 33.1 Å². The highest BCUT2D eigenvalue weighted by atomic mass is 35.5. The predicted molar refractivity (Wildman–Crippen MR) is 86.0 cm³/mol. The van der Waals surface area contributed by atoms with Crippen molar-refractivity contribution in [3.05, 3.63) is 11.6 Å². The molecule has 1 saturated carbocycles. The molecule has 2 aliphatic carbocycles. The molecular weight excluding hydrogens is 302 g/mol. The van der Waals surface area contributed by atoms with Crippen molar-refractivity contribution in [1.82, 2.24) is 4.90 Å². The summed E-state index contributed by atoms with van der Waals surface area (Å²) in [5.74, 6) is 0.636. The lowest BCUT2D eigenvalue weighted by Crippen LogP contribution is -2.38. The Hall–Kier alpha value is -0.580. The maximum atomic E-state index is 12.4. The van der Waals surface area contributed by atoms with Gasteiger partial charge in [-0.15, -0.1) is 12.4 Å². The number of hydrogen-bond acceptors (Lipinski definition) is 4. The van der Waals surface area contributed by atoms with Crippen molar-refractivity contribution in [1.29, 1.82) is 0 Å². The van der Waals surface area contributed by atoms with Crippen molar-refractivity contribution in [2.45, 2.75) is 50.4 Å². The monoisotopic (exact) mass is 327 g/mol. The number of nitrogens with zero attached hydrogens (tertiary/aromatic N) is 1. The lowest BCUT2D eigenvalue weighted by atomic mass is 9.77. The van der Waals surface area contributed by atoms with Crippen LogP contribution < -0.4 is 0 Å². The summed E-state index contributed by atoms with van der Waals surface area (Å²) in [5, 5.41) is 0. The third-order valence-corrected chi connectivity index (χ3v) is 6.32. The summed E-state index contributed by atoms with van der Waals surface area (Å²) >= 11 is 0. The van der Waals surface area contributed by atoms with Crippen LogP contribution >= 0.6 is 12.4 Å². The van der Waals surface area contributed by atoms with E-state index in [-0.39, 0.29) is 47.5 Å². The standard InChI is InChI=1S/C17H25NO3.ClH/c1-10-5-8-17-13(10)14-11(6-7-16(17,2)21-17)12(9-18(3)4)15(19)20-14;/h5,11-14H,6-9H2,1-4H3;1H/t11-,12-,13+,14-,16-,17+;/m0./s1. The van der Waals surface area contributed by atoms with E-state index < -0.39 is 0 Å². The minimum Gasteiger partial charge on any atom is -0.461 e. The Morgan fingerprint density at radius 1 is 1.41 bits per heavy atom. The number of carbonyl (C=O) groups excluding carboxylic acids is 1. The molecule has 0 aromatic rings. The van der Waals surface area contributed by atoms with Crippen LogP contribution in [0.5, 0.6) is 0 Å². The molecule has 2 heterocycles. The van der Waals surface area contributed by atoms with Crippen LogP contribution in [0.2, 0.25) is 0 Å². The van der Waals surface area contributed by atoms with Crippen LogP contribution in [0.15, 0.2) is 11.6 Å². The molecule has 5 heteroatoms. The minimum atomic E-state index is -0.0796. The van der Waals surface area contributed by atoms with Crippen LogP contribution in [0, 0.1) is 17.8 Å². The molecule has 0 aromatic heterocycles. The summed E-state index contributed by atoms with van der Waals surface area (Å²) in [6.07, 6.45) is 5.39. The average Bonchev–Trinajstić information content (AvgIpc) is 2.71. The van der Waals surface area contributed by atoms with Gasteiger partial charge in [0.15, 0.2) is 0 Å². The van der Waals surface area contributed by atoms with E-state index in [4.69, 9.17) is 9.47 Å². The van der Waals surface area contributed by atoms with Crippen LogP contribution in [0.25, 0.3) is 0 Å². The summed E-state index contributed by atoms with van der Waals surface area (Å²) in [6.45, 7) is 5.22. The Balaban J connectivity index is 0.00000144. The maximum Gasteiger partial charge on any atom is 0.310 e. The number of halogens is 1. The molecule has 0 radical (unpaired) electrons. The molecule has 4 aliphatic rings. The predicted octanol–water partition coefficient (Wildman–Crippen LogP) is 2.42. The zero-order chi connectivity index (χ0) is 15.0. The number of hydrogen-bond donors (Lipinski definition) is 0. The van der Waals surface area contributed by atoms with Gasteiger partial charge < -0.3 is 14.4 Å². The lowest BCUT2D eigenvalue weighted by Gasteiger charge is -2.28. The molecule has 0 unspecified atom stereocenters. The third-order valence-electron chi connectivity index (χ3n) is 6.32. The van der Waals surface area contributed by atoms with Crippen molar-refractivity contribution < 1.29 is 14.3 Å². The quantitative estimate of drug-likeness (QED) is 0.444. The molecule has 3 fully saturated rings. The van der Waals surface area contributed by atoms with Gasteiger partial charge in [0.05, 0.1) is 11.5 Å².